The number of alkyl halides is 2. The van der Waals surface area contributed by atoms with Crippen molar-refractivity contribution in [2.24, 2.45) is 5.10 Å². The molecular weight excluding hydrogens is 330 g/mol. The zero-order valence-electron chi connectivity index (χ0n) is 8.98. The smallest absolute Gasteiger partial charge is 0.260 e. The molecule has 0 saturated carbocycles. The minimum Gasteiger partial charge on any atom is -0.300 e. The van der Waals surface area contributed by atoms with Crippen molar-refractivity contribution >= 4 is 30.8 Å². The van der Waals surface area contributed by atoms with E-state index in [0.717, 1.165) is 4.47 Å². The first kappa shape index (κ1) is 13.4. The van der Waals surface area contributed by atoms with Gasteiger partial charge in [0.15, 0.2) is 5.04 Å². The SMILES string of the molecule is O=S(=O)(C1=NNC(C(F)F)C1)c1ccc(Br)cc1. The van der Waals surface area contributed by atoms with E-state index >= 15 is 0 Å². The third-order valence-electron chi connectivity index (χ3n) is 2.49. The molecule has 4 nitrogen and oxygen atoms in total. The van der Waals surface area contributed by atoms with Crippen LogP contribution < -0.4 is 5.43 Å². The normalized spacial score (nSPS) is 19.8. The van der Waals surface area contributed by atoms with Gasteiger partial charge in [0, 0.05) is 10.9 Å². The first-order valence-corrected chi connectivity index (χ1v) is 7.30. The van der Waals surface area contributed by atoms with E-state index in [4.69, 9.17) is 0 Å². The summed E-state index contributed by atoms with van der Waals surface area (Å²) in [6.45, 7) is 0. The highest BCUT2D eigenvalue weighted by atomic mass is 79.9. The Morgan fingerprint density at radius 1 is 1.33 bits per heavy atom. The van der Waals surface area contributed by atoms with E-state index in [1.807, 2.05) is 0 Å². The lowest BCUT2D eigenvalue weighted by atomic mass is 10.2. The Balaban J connectivity index is 2.26. The Hall–Kier alpha value is -1.02. The van der Waals surface area contributed by atoms with Crippen molar-refractivity contribution < 1.29 is 17.2 Å². The van der Waals surface area contributed by atoms with E-state index < -0.39 is 22.3 Å². The second-order valence-corrected chi connectivity index (χ2v) is 6.60. The molecule has 1 aromatic carbocycles. The lowest BCUT2D eigenvalue weighted by Gasteiger charge is -2.07. The molecule has 1 unspecified atom stereocenters. The van der Waals surface area contributed by atoms with Crippen molar-refractivity contribution in [1.29, 1.82) is 0 Å². The van der Waals surface area contributed by atoms with Crippen molar-refractivity contribution in [2.75, 3.05) is 0 Å². The molecule has 1 heterocycles. The predicted octanol–water partition coefficient (Wildman–Crippen LogP) is 2.16. The van der Waals surface area contributed by atoms with E-state index in [9.17, 15) is 17.2 Å². The van der Waals surface area contributed by atoms with Gasteiger partial charge in [0.05, 0.1) is 4.90 Å². The van der Waals surface area contributed by atoms with Gasteiger partial charge in [-0.3, -0.25) is 5.43 Å². The van der Waals surface area contributed by atoms with Crippen molar-refractivity contribution in [3.63, 3.8) is 0 Å². The molecule has 0 fully saturated rings. The quantitative estimate of drug-likeness (QED) is 0.898. The molecule has 1 aromatic rings. The molecular formula is C10H9BrF2N2O2S. The maximum Gasteiger partial charge on any atom is 0.260 e. The van der Waals surface area contributed by atoms with Gasteiger partial charge in [-0.05, 0) is 24.3 Å². The average molecular weight is 339 g/mol. The van der Waals surface area contributed by atoms with Gasteiger partial charge in [-0.2, -0.15) is 5.10 Å². The lowest BCUT2D eigenvalue weighted by Crippen LogP contribution is -2.28. The van der Waals surface area contributed by atoms with Gasteiger partial charge in [-0.1, -0.05) is 15.9 Å². The highest BCUT2D eigenvalue weighted by molar-refractivity contribution is 9.10. The lowest BCUT2D eigenvalue weighted by molar-refractivity contribution is 0.106. The van der Waals surface area contributed by atoms with Gasteiger partial charge in [0.25, 0.3) is 6.43 Å². The van der Waals surface area contributed by atoms with Crippen LogP contribution in [0.2, 0.25) is 0 Å². The van der Waals surface area contributed by atoms with E-state index in [0.29, 0.717) is 0 Å². The topological polar surface area (TPSA) is 58.5 Å². The molecule has 1 aliphatic heterocycles. The van der Waals surface area contributed by atoms with Gasteiger partial charge in [0.1, 0.15) is 6.04 Å². The Bertz CT molecular complexity index is 572. The van der Waals surface area contributed by atoms with Crippen molar-refractivity contribution in [1.82, 2.24) is 5.43 Å². The fourth-order valence-corrected chi connectivity index (χ4v) is 3.10. The molecule has 0 amide bonds. The van der Waals surface area contributed by atoms with Crippen molar-refractivity contribution in [2.45, 2.75) is 23.8 Å². The Kier molecular flexibility index (Phi) is 3.67. The highest BCUT2D eigenvalue weighted by Crippen LogP contribution is 2.22. The summed E-state index contributed by atoms with van der Waals surface area (Å²) in [5, 5.41) is 3.24. The fraction of sp³-hybridized carbons (Fsp3) is 0.300. The summed E-state index contributed by atoms with van der Waals surface area (Å²) in [4.78, 5) is 0.0427. The van der Waals surface area contributed by atoms with Gasteiger partial charge in [-0.15, -0.1) is 0 Å². The molecule has 0 spiro atoms. The molecule has 2 rings (SSSR count). The summed E-state index contributed by atoms with van der Waals surface area (Å²) < 4.78 is 49.7. The molecule has 1 aliphatic rings. The number of rotatable bonds is 2. The van der Waals surface area contributed by atoms with Crippen molar-refractivity contribution in [3.05, 3.63) is 28.7 Å². The number of halogens is 3. The summed E-state index contributed by atoms with van der Waals surface area (Å²) in [5.74, 6) is 0. The number of hydrogen-bond acceptors (Lipinski definition) is 4. The van der Waals surface area contributed by atoms with Crippen LogP contribution in [0, 0.1) is 0 Å². The number of benzene rings is 1. The maximum atomic E-state index is 12.4. The van der Waals surface area contributed by atoms with E-state index in [-0.39, 0.29) is 16.4 Å². The molecule has 0 aliphatic carbocycles. The zero-order valence-corrected chi connectivity index (χ0v) is 11.4. The van der Waals surface area contributed by atoms with Gasteiger partial charge >= 0.3 is 0 Å². The molecule has 98 valence electrons. The number of hydrazone groups is 1. The van der Waals surface area contributed by atoms with Crippen LogP contribution in [0.15, 0.2) is 38.7 Å². The molecule has 0 bridgehead atoms. The Morgan fingerprint density at radius 3 is 2.44 bits per heavy atom. The monoisotopic (exact) mass is 338 g/mol. The summed E-state index contributed by atoms with van der Waals surface area (Å²) in [6, 6.07) is 4.71. The van der Waals surface area contributed by atoms with Gasteiger partial charge < -0.3 is 0 Å². The van der Waals surface area contributed by atoms with Crippen LogP contribution in [0.3, 0.4) is 0 Å². The summed E-state index contributed by atoms with van der Waals surface area (Å²) in [5.41, 5.74) is 2.14. The molecule has 0 saturated heterocycles. The Morgan fingerprint density at radius 2 is 1.94 bits per heavy atom. The van der Waals surface area contributed by atoms with E-state index in [2.05, 4.69) is 26.5 Å². The fourth-order valence-electron chi connectivity index (χ4n) is 1.50. The standard InChI is InChI=1S/C10H9BrF2N2O2S/c11-6-1-3-7(4-2-6)18(16,17)9-5-8(10(12)13)14-15-9/h1-4,8,10,14H,5H2. The third kappa shape index (κ3) is 2.54. The third-order valence-corrected chi connectivity index (χ3v) is 4.79. The van der Waals surface area contributed by atoms with Crippen LogP contribution in [-0.4, -0.2) is 25.9 Å². The minimum absolute atomic E-state index is 0.0427. The number of nitrogens with zero attached hydrogens (tertiary/aromatic N) is 1. The van der Waals surface area contributed by atoms with Crippen LogP contribution in [-0.2, 0) is 9.84 Å². The largest absolute Gasteiger partial charge is 0.300 e. The second-order valence-electron chi connectivity index (χ2n) is 3.74. The number of hydrogen-bond donors (Lipinski definition) is 1. The number of nitrogens with one attached hydrogen (secondary N) is 1. The summed E-state index contributed by atoms with van der Waals surface area (Å²) in [6.07, 6.45) is -2.94. The van der Waals surface area contributed by atoms with Crippen LogP contribution in [0.5, 0.6) is 0 Å². The molecule has 0 aromatic heterocycles. The Labute approximate surface area is 111 Å². The first-order valence-electron chi connectivity index (χ1n) is 5.02. The van der Waals surface area contributed by atoms with E-state index in [1.54, 1.807) is 12.1 Å². The minimum atomic E-state index is -3.79. The zero-order chi connectivity index (χ0) is 13.3. The van der Waals surface area contributed by atoms with Crippen molar-refractivity contribution in [3.8, 4) is 0 Å². The van der Waals surface area contributed by atoms with Crippen LogP contribution in [0.1, 0.15) is 6.42 Å². The summed E-state index contributed by atoms with van der Waals surface area (Å²) in [7, 11) is -3.79. The second kappa shape index (κ2) is 4.93. The summed E-state index contributed by atoms with van der Waals surface area (Å²) >= 11 is 3.19. The van der Waals surface area contributed by atoms with Crippen LogP contribution in [0.25, 0.3) is 0 Å². The van der Waals surface area contributed by atoms with Gasteiger partial charge in [0.2, 0.25) is 9.84 Å². The molecule has 0 radical (unpaired) electrons. The molecule has 8 heteroatoms. The average Bonchev–Trinajstić information content (AvgIpc) is 2.79. The van der Waals surface area contributed by atoms with Gasteiger partial charge in [-0.25, -0.2) is 17.2 Å². The van der Waals surface area contributed by atoms with Crippen LogP contribution >= 0.6 is 15.9 Å². The molecule has 18 heavy (non-hydrogen) atoms. The first-order chi connectivity index (χ1) is 8.41. The molecule has 1 N–H and O–H groups in total. The van der Waals surface area contributed by atoms with Crippen LogP contribution in [0.4, 0.5) is 8.78 Å². The highest BCUT2D eigenvalue weighted by Gasteiger charge is 2.34. The maximum absolute atomic E-state index is 12.4. The predicted molar refractivity (Wildman–Crippen MR) is 66.3 cm³/mol. The molecule has 1 atom stereocenters. The van der Waals surface area contributed by atoms with E-state index in [1.165, 1.54) is 12.1 Å². The number of sulfone groups is 1.